The monoisotopic (exact) mass is 194 g/mol. The van der Waals surface area contributed by atoms with Crippen LogP contribution in [0.2, 0.25) is 0 Å². The molecule has 1 rings (SSSR count). The van der Waals surface area contributed by atoms with Gasteiger partial charge in [0.05, 0.1) is 6.20 Å². The molecule has 2 N–H and O–H groups in total. The van der Waals surface area contributed by atoms with E-state index in [-0.39, 0.29) is 0 Å². The number of aromatic nitrogens is 2. The quantitative estimate of drug-likeness (QED) is 0.689. The van der Waals surface area contributed by atoms with E-state index in [1.54, 1.807) is 0 Å². The summed E-state index contributed by atoms with van der Waals surface area (Å²) in [5, 5.41) is 4.12. The fourth-order valence-electron chi connectivity index (χ4n) is 1.28. The summed E-state index contributed by atoms with van der Waals surface area (Å²) in [7, 11) is 4.01. The molecule has 0 aliphatic rings. The number of nitrogens with two attached hydrogens (primary N) is 1. The van der Waals surface area contributed by atoms with E-state index < -0.39 is 0 Å². The van der Waals surface area contributed by atoms with Crippen LogP contribution in [-0.2, 0) is 13.6 Å². The number of likely N-dealkylation sites (N-methyl/N-ethyl adjacent to an activating group) is 1. The Balaban J connectivity index is 2.33. The Morgan fingerprint density at radius 2 is 2.36 bits per heavy atom. The molecular weight excluding hydrogens is 176 g/mol. The minimum absolute atomic E-state index is 0.612. The van der Waals surface area contributed by atoms with Crippen LogP contribution >= 0.6 is 0 Å². The van der Waals surface area contributed by atoms with E-state index >= 15 is 0 Å². The topological polar surface area (TPSA) is 47.1 Å². The van der Waals surface area contributed by atoms with Crippen LogP contribution in [0.5, 0.6) is 0 Å². The average molecular weight is 194 g/mol. The normalized spacial score (nSPS) is 11.7. The molecule has 0 unspecified atom stereocenters. The number of hydrogen-bond donors (Lipinski definition) is 1. The summed E-state index contributed by atoms with van der Waals surface area (Å²) < 4.78 is 1.82. The molecule has 78 valence electrons. The molecule has 0 spiro atoms. The highest BCUT2D eigenvalue weighted by atomic mass is 15.2. The van der Waals surface area contributed by atoms with Gasteiger partial charge in [-0.05, 0) is 7.05 Å². The molecule has 0 aliphatic carbocycles. The van der Waals surface area contributed by atoms with Gasteiger partial charge >= 0.3 is 0 Å². The van der Waals surface area contributed by atoms with Gasteiger partial charge in [0.1, 0.15) is 0 Å². The maximum absolute atomic E-state index is 5.35. The molecule has 0 fully saturated rings. The first-order valence-corrected chi connectivity index (χ1v) is 4.73. The van der Waals surface area contributed by atoms with Crippen molar-refractivity contribution in [3.8, 4) is 0 Å². The lowest BCUT2D eigenvalue weighted by Gasteiger charge is -2.12. The molecule has 0 radical (unpaired) electrons. The van der Waals surface area contributed by atoms with Crippen LogP contribution in [0.4, 0.5) is 0 Å². The summed E-state index contributed by atoms with van der Waals surface area (Å²) in [6.45, 7) is 2.45. The van der Waals surface area contributed by atoms with Crippen LogP contribution in [0.3, 0.4) is 0 Å². The van der Waals surface area contributed by atoms with E-state index in [2.05, 4.69) is 23.1 Å². The first kappa shape index (κ1) is 10.9. The van der Waals surface area contributed by atoms with Gasteiger partial charge in [0.25, 0.3) is 0 Å². The van der Waals surface area contributed by atoms with Crippen LogP contribution in [-0.4, -0.2) is 34.8 Å². The molecule has 1 heterocycles. The zero-order valence-electron chi connectivity index (χ0n) is 8.85. The molecular formula is C10H18N4. The van der Waals surface area contributed by atoms with E-state index in [0.717, 1.165) is 13.1 Å². The minimum Gasteiger partial charge on any atom is -0.327 e. The summed E-state index contributed by atoms with van der Waals surface area (Å²) in [5.74, 6) is 0. The summed E-state index contributed by atoms with van der Waals surface area (Å²) in [6, 6.07) is 0. The Morgan fingerprint density at radius 1 is 1.57 bits per heavy atom. The highest BCUT2D eigenvalue weighted by Crippen LogP contribution is 2.00. The molecule has 1 aromatic heterocycles. The first-order valence-electron chi connectivity index (χ1n) is 4.73. The standard InChI is InChI=1S/C10H18N4/c1-13(6-4-3-5-11)8-10-7-12-14(2)9-10/h3-4,7,9H,5-6,8,11H2,1-2H3. The number of hydrogen-bond acceptors (Lipinski definition) is 3. The maximum atomic E-state index is 5.35. The number of nitrogens with zero attached hydrogens (tertiary/aromatic N) is 3. The van der Waals surface area contributed by atoms with Crippen molar-refractivity contribution in [2.75, 3.05) is 20.1 Å². The Bertz CT molecular complexity index is 290. The zero-order valence-corrected chi connectivity index (χ0v) is 8.85. The second-order valence-electron chi connectivity index (χ2n) is 3.43. The highest BCUT2D eigenvalue weighted by Gasteiger charge is 1.99. The lowest BCUT2D eigenvalue weighted by molar-refractivity contribution is 0.363. The summed E-state index contributed by atoms with van der Waals surface area (Å²) in [4.78, 5) is 2.21. The molecule has 0 atom stereocenters. The largest absolute Gasteiger partial charge is 0.327 e. The fourth-order valence-corrected chi connectivity index (χ4v) is 1.28. The van der Waals surface area contributed by atoms with Crippen molar-refractivity contribution in [3.05, 3.63) is 30.1 Å². The molecule has 0 amide bonds. The average Bonchev–Trinajstić information content (AvgIpc) is 2.52. The van der Waals surface area contributed by atoms with Gasteiger partial charge in [0.2, 0.25) is 0 Å². The van der Waals surface area contributed by atoms with Gasteiger partial charge in [-0.3, -0.25) is 9.58 Å². The van der Waals surface area contributed by atoms with E-state index in [9.17, 15) is 0 Å². The summed E-state index contributed by atoms with van der Waals surface area (Å²) in [5.41, 5.74) is 6.58. The fraction of sp³-hybridized carbons (Fsp3) is 0.500. The third kappa shape index (κ3) is 3.72. The second-order valence-corrected chi connectivity index (χ2v) is 3.43. The van der Waals surface area contributed by atoms with Crippen LogP contribution in [0.25, 0.3) is 0 Å². The molecule has 0 aromatic carbocycles. The second kappa shape index (κ2) is 5.57. The van der Waals surface area contributed by atoms with Gasteiger partial charge in [-0.2, -0.15) is 5.10 Å². The lowest BCUT2D eigenvalue weighted by atomic mass is 10.3. The van der Waals surface area contributed by atoms with E-state index in [4.69, 9.17) is 5.73 Å². The minimum atomic E-state index is 0.612. The summed E-state index contributed by atoms with van der Waals surface area (Å²) in [6.07, 6.45) is 7.97. The van der Waals surface area contributed by atoms with Crippen molar-refractivity contribution in [1.29, 1.82) is 0 Å². The van der Waals surface area contributed by atoms with Crippen molar-refractivity contribution < 1.29 is 0 Å². The van der Waals surface area contributed by atoms with E-state index in [0.29, 0.717) is 6.54 Å². The molecule has 0 aliphatic heterocycles. The number of aryl methyl sites for hydroxylation is 1. The molecule has 0 saturated carbocycles. The Morgan fingerprint density at radius 3 is 2.93 bits per heavy atom. The SMILES string of the molecule is CN(CC=CCN)Cc1cnn(C)c1. The van der Waals surface area contributed by atoms with Gasteiger partial charge in [-0.1, -0.05) is 12.2 Å². The Hall–Kier alpha value is -1.13. The third-order valence-corrected chi connectivity index (χ3v) is 1.93. The molecule has 0 bridgehead atoms. The highest BCUT2D eigenvalue weighted by molar-refractivity contribution is 5.03. The zero-order chi connectivity index (χ0) is 10.4. The van der Waals surface area contributed by atoms with Crippen LogP contribution < -0.4 is 5.73 Å². The van der Waals surface area contributed by atoms with Gasteiger partial charge in [0, 0.05) is 38.4 Å². The van der Waals surface area contributed by atoms with E-state index in [1.807, 2.05) is 30.2 Å². The van der Waals surface area contributed by atoms with Crippen molar-refractivity contribution in [2.45, 2.75) is 6.54 Å². The van der Waals surface area contributed by atoms with Crippen molar-refractivity contribution >= 4 is 0 Å². The molecule has 1 aromatic rings. The van der Waals surface area contributed by atoms with Gasteiger partial charge < -0.3 is 5.73 Å². The first-order chi connectivity index (χ1) is 6.72. The molecule has 4 heteroatoms. The molecule has 4 nitrogen and oxygen atoms in total. The van der Waals surface area contributed by atoms with Crippen molar-refractivity contribution in [3.63, 3.8) is 0 Å². The summed E-state index contributed by atoms with van der Waals surface area (Å²) >= 11 is 0. The Labute approximate surface area is 85.0 Å². The van der Waals surface area contributed by atoms with Crippen LogP contribution in [0.15, 0.2) is 24.5 Å². The predicted molar refractivity (Wildman–Crippen MR) is 57.7 cm³/mol. The lowest BCUT2D eigenvalue weighted by Crippen LogP contribution is -2.17. The van der Waals surface area contributed by atoms with E-state index in [1.165, 1.54) is 5.56 Å². The van der Waals surface area contributed by atoms with Crippen LogP contribution in [0.1, 0.15) is 5.56 Å². The molecule has 0 saturated heterocycles. The van der Waals surface area contributed by atoms with Crippen LogP contribution in [0, 0.1) is 0 Å². The number of rotatable bonds is 5. The maximum Gasteiger partial charge on any atom is 0.0534 e. The Kier molecular flexibility index (Phi) is 4.35. The van der Waals surface area contributed by atoms with Crippen molar-refractivity contribution in [2.24, 2.45) is 12.8 Å². The third-order valence-electron chi connectivity index (χ3n) is 1.93. The van der Waals surface area contributed by atoms with Gasteiger partial charge in [0.15, 0.2) is 0 Å². The van der Waals surface area contributed by atoms with Crippen molar-refractivity contribution in [1.82, 2.24) is 14.7 Å². The smallest absolute Gasteiger partial charge is 0.0534 e. The van der Waals surface area contributed by atoms with Gasteiger partial charge in [-0.15, -0.1) is 0 Å². The molecule has 14 heavy (non-hydrogen) atoms. The van der Waals surface area contributed by atoms with Gasteiger partial charge in [-0.25, -0.2) is 0 Å². The predicted octanol–water partition coefficient (Wildman–Crippen LogP) is 0.367.